The molecule has 0 amide bonds. The summed E-state index contributed by atoms with van der Waals surface area (Å²) in [6.45, 7) is 0. The molecule has 0 atom stereocenters. The van der Waals surface area contributed by atoms with Gasteiger partial charge in [-0.05, 0) is 24.3 Å². The summed E-state index contributed by atoms with van der Waals surface area (Å²) in [7, 11) is 0. The van der Waals surface area contributed by atoms with Crippen molar-refractivity contribution in [3.8, 4) is 0 Å². The van der Waals surface area contributed by atoms with Crippen LogP contribution in [0.2, 0.25) is 0 Å². The molecular formula is C9H8N2O3. The number of benzene rings is 1. The van der Waals surface area contributed by atoms with Gasteiger partial charge in [-0.3, -0.25) is 0 Å². The summed E-state index contributed by atoms with van der Waals surface area (Å²) in [6.07, 6.45) is 3.18. The van der Waals surface area contributed by atoms with Crippen molar-refractivity contribution in [2.75, 3.05) is 5.01 Å². The van der Waals surface area contributed by atoms with Crippen molar-refractivity contribution in [3.63, 3.8) is 0 Å². The zero-order valence-electron chi connectivity index (χ0n) is 7.18. The zero-order valence-corrected chi connectivity index (χ0v) is 7.18. The Morgan fingerprint density at radius 3 is 2.57 bits per heavy atom. The number of aromatic carboxylic acids is 1. The van der Waals surface area contributed by atoms with Gasteiger partial charge in [-0.25, -0.2) is 9.80 Å². The third-order valence-electron chi connectivity index (χ3n) is 1.82. The van der Waals surface area contributed by atoms with Crippen molar-refractivity contribution in [2.24, 2.45) is 0 Å². The van der Waals surface area contributed by atoms with E-state index in [1.807, 2.05) is 0 Å². The van der Waals surface area contributed by atoms with Gasteiger partial charge in [0.2, 0.25) is 0 Å². The van der Waals surface area contributed by atoms with E-state index < -0.39 is 5.97 Å². The molecule has 72 valence electrons. The molecule has 0 aromatic heterocycles. The Hall–Kier alpha value is -2.01. The molecule has 0 saturated carbocycles. The Morgan fingerprint density at radius 1 is 1.36 bits per heavy atom. The maximum absolute atomic E-state index is 10.6. The molecule has 14 heavy (non-hydrogen) atoms. The fraction of sp³-hybridized carbons (Fsp3) is 0. The number of nitrogens with zero attached hydrogens (tertiary/aromatic N) is 1. The Labute approximate surface area is 80.1 Å². The summed E-state index contributed by atoms with van der Waals surface area (Å²) < 4.78 is 0. The van der Waals surface area contributed by atoms with Gasteiger partial charge < -0.3 is 9.94 Å². The number of carboxylic acid groups (broad SMARTS) is 1. The topological polar surface area (TPSA) is 61.8 Å². The van der Waals surface area contributed by atoms with E-state index in [0.29, 0.717) is 0 Å². The molecule has 0 saturated heterocycles. The van der Waals surface area contributed by atoms with E-state index in [9.17, 15) is 4.79 Å². The second kappa shape index (κ2) is 3.39. The van der Waals surface area contributed by atoms with Gasteiger partial charge in [0.1, 0.15) is 6.26 Å². The minimum absolute atomic E-state index is 0.262. The Bertz CT molecular complexity index is 372. The third kappa shape index (κ3) is 1.53. The molecule has 1 aliphatic rings. The number of hydrazine groups is 1. The van der Waals surface area contributed by atoms with Crippen LogP contribution in [-0.4, -0.2) is 11.1 Å². The van der Waals surface area contributed by atoms with Crippen molar-refractivity contribution in [3.05, 3.63) is 42.3 Å². The van der Waals surface area contributed by atoms with Crippen LogP contribution in [0.15, 0.2) is 36.7 Å². The minimum Gasteiger partial charge on any atom is -0.478 e. The van der Waals surface area contributed by atoms with E-state index in [1.54, 1.807) is 23.3 Å². The van der Waals surface area contributed by atoms with Crippen molar-refractivity contribution >= 4 is 11.7 Å². The van der Waals surface area contributed by atoms with Crippen LogP contribution in [0.1, 0.15) is 10.4 Å². The van der Waals surface area contributed by atoms with E-state index in [1.165, 1.54) is 18.4 Å². The lowest BCUT2D eigenvalue weighted by Crippen LogP contribution is -2.26. The Kier molecular flexibility index (Phi) is 2.08. The van der Waals surface area contributed by atoms with Crippen LogP contribution in [-0.2, 0) is 4.84 Å². The summed E-state index contributed by atoms with van der Waals surface area (Å²) >= 11 is 0. The van der Waals surface area contributed by atoms with Gasteiger partial charge in [0.25, 0.3) is 0 Å². The second-order valence-electron chi connectivity index (χ2n) is 2.72. The van der Waals surface area contributed by atoms with Crippen molar-refractivity contribution < 1.29 is 14.7 Å². The summed E-state index contributed by atoms with van der Waals surface area (Å²) in [6, 6.07) is 6.45. The number of carboxylic acids is 1. The predicted octanol–water partition coefficient (Wildman–Crippen LogP) is 1.11. The molecule has 5 heteroatoms. The number of nitrogens with one attached hydrogen (secondary N) is 1. The molecule has 1 heterocycles. The van der Waals surface area contributed by atoms with Crippen molar-refractivity contribution in [1.82, 2.24) is 5.59 Å². The van der Waals surface area contributed by atoms with Gasteiger partial charge in [-0.2, -0.15) is 0 Å². The lowest BCUT2D eigenvalue weighted by Gasteiger charge is -2.13. The lowest BCUT2D eigenvalue weighted by molar-refractivity contribution is 0.0697. The second-order valence-corrected chi connectivity index (χ2v) is 2.72. The van der Waals surface area contributed by atoms with Crippen molar-refractivity contribution in [2.45, 2.75) is 0 Å². The molecule has 0 unspecified atom stereocenters. The minimum atomic E-state index is -0.933. The van der Waals surface area contributed by atoms with Crippen LogP contribution in [0.25, 0.3) is 0 Å². The molecule has 0 aliphatic carbocycles. The molecule has 5 nitrogen and oxygen atoms in total. The monoisotopic (exact) mass is 192 g/mol. The van der Waals surface area contributed by atoms with Crippen LogP contribution >= 0.6 is 0 Å². The number of hydrogen-bond acceptors (Lipinski definition) is 4. The van der Waals surface area contributed by atoms with E-state index in [-0.39, 0.29) is 5.56 Å². The maximum atomic E-state index is 10.6. The number of hydrogen-bond donors (Lipinski definition) is 2. The molecule has 2 rings (SSSR count). The lowest BCUT2D eigenvalue weighted by atomic mass is 10.2. The maximum Gasteiger partial charge on any atom is 0.335 e. The van der Waals surface area contributed by atoms with Crippen LogP contribution in [0.4, 0.5) is 5.69 Å². The smallest absolute Gasteiger partial charge is 0.335 e. The summed E-state index contributed by atoms with van der Waals surface area (Å²) in [4.78, 5) is 15.3. The van der Waals surface area contributed by atoms with Gasteiger partial charge in [-0.15, -0.1) is 0 Å². The van der Waals surface area contributed by atoms with E-state index in [0.717, 1.165) is 5.69 Å². The highest BCUT2D eigenvalue weighted by molar-refractivity contribution is 5.88. The van der Waals surface area contributed by atoms with Crippen LogP contribution in [0, 0.1) is 0 Å². The first kappa shape index (κ1) is 8.58. The van der Waals surface area contributed by atoms with E-state index in [2.05, 4.69) is 5.59 Å². The molecule has 1 aromatic rings. The Balaban J connectivity index is 2.21. The molecule has 1 aliphatic heterocycles. The molecule has 0 spiro atoms. The molecular weight excluding hydrogens is 184 g/mol. The highest BCUT2D eigenvalue weighted by Gasteiger charge is 2.08. The number of carbonyl (C=O) groups is 1. The first-order valence-corrected chi connectivity index (χ1v) is 3.98. The largest absolute Gasteiger partial charge is 0.478 e. The fourth-order valence-corrected chi connectivity index (χ4v) is 1.11. The normalized spacial score (nSPS) is 14.1. The van der Waals surface area contributed by atoms with Crippen LogP contribution in [0.3, 0.4) is 0 Å². The number of anilines is 1. The quantitative estimate of drug-likeness (QED) is 0.735. The standard InChI is InChI=1S/C9H8N2O3/c12-9(13)7-1-3-8(4-2-7)11-5-6-14-10-11/h1-6,10H,(H,12,13). The molecule has 0 bridgehead atoms. The van der Waals surface area contributed by atoms with Gasteiger partial charge >= 0.3 is 5.97 Å². The predicted molar refractivity (Wildman–Crippen MR) is 49.2 cm³/mol. The molecule has 2 N–H and O–H groups in total. The first-order chi connectivity index (χ1) is 6.77. The first-order valence-electron chi connectivity index (χ1n) is 3.98. The molecule has 1 aromatic carbocycles. The average Bonchev–Trinajstić information content (AvgIpc) is 2.71. The SMILES string of the molecule is O=C(O)c1ccc(N2C=CON2)cc1. The molecule has 0 fully saturated rings. The average molecular weight is 192 g/mol. The van der Waals surface area contributed by atoms with Crippen LogP contribution in [0.5, 0.6) is 0 Å². The summed E-state index contributed by atoms with van der Waals surface area (Å²) in [5, 5.41) is 10.3. The molecule has 0 radical (unpaired) electrons. The van der Waals surface area contributed by atoms with Crippen LogP contribution < -0.4 is 10.6 Å². The van der Waals surface area contributed by atoms with Gasteiger partial charge in [0, 0.05) is 0 Å². The van der Waals surface area contributed by atoms with Gasteiger partial charge in [0.15, 0.2) is 0 Å². The van der Waals surface area contributed by atoms with E-state index in [4.69, 9.17) is 9.94 Å². The third-order valence-corrected chi connectivity index (χ3v) is 1.82. The Morgan fingerprint density at radius 2 is 2.07 bits per heavy atom. The van der Waals surface area contributed by atoms with Crippen molar-refractivity contribution in [1.29, 1.82) is 0 Å². The highest BCUT2D eigenvalue weighted by atomic mass is 16.7. The number of rotatable bonds is 2. The zero-order chi connectivity index (χ0) is 9.97. The van der Waals surface area contributed by atoms with Gasteiger partial charge in [0.05, 0.1) is 17.5 Å². The highest BCUT2D eigenvalue weighted by Crippen LogP contribution is 2.15. The van der Waals surface area contributed by atoms with Gasteiger partial charge in [-0.1, -0.05) is 5.59 Å². The van der Waals surface area contributed by atoms with E-state index >= 15 is 0 Å². The summed E-state index contributed by atoms with van der Waals surface area (Å²) in [5.74, 6) is -0.933. The summed E-state index contributed by atoms with van der Waals surface area (Å²) in [5.41, 5.74) is 3.67. The fourth-order valence-electron chi connectivity index (χ4n) is 1.11.